The summed E-state index contributed by atoms with van der Waals surface area (Å²) in [4.78, 5) is 25.7. The molecule has 1 rings (SSSR count). The van der Waals surface area contributed by atoms with Gasteiger partial charge in [0.25, 0.3) is 0 Å². The fraction of sp³-hybridized carbons (Fsp3) is 0.538. The molecule has 0 radical (unpaired) electrons. The van der Waals surface area contributed by atoms with Gasteiger partial charge in [0.1, 0.15) is 16.9 Å². The third-order valence-electron chi connectivity index (χ3n) is 5.74. The molecule has 3 N–H and O–H groups in total. The molecule has 202 valence electrons. The fourth-order valence-corrected chi connectivity index (χ4v) is 3.82. The molecule has 0 aliphatic carbocycles. The Hall–Kier alpha value is -2.59. The minimum Gasteiger partial charge on any atom is -0.495 e. The van der Waals surface area contributed by atoms with E-state index < -0.39 is 23.8 Å². The predicted molar refractivity (Wildman–Crippen MR) is 141 cm³/mol. The summed E-state index contributed by atoms with van der Waals surface area (Å²) >= 11 is 6.49. The Morgan fingerprint density at radius 2 is 1.94 bits per heavy atom. The van der Waals surface area contributed by atoms with Crippen LogP contribution in [0.5, 0.6) is 5.75 Å². The van der Waals surface area contributed by atoms with Crippen LogP contribution in [-0.2, 0) is 20.7 Å². The average Bonchev–Trinajstić information content (AvgIpc) is 2.85. The summed E-state index contributed by atoms with van der Waals surface area (Å²) in [6, 6.07) is 3.66. The monoisotopic (exact) mass is 526 g/mol. The summed E-state index contributed by atoms with van der Waals surface area (Å²) in [5.41, 5.74) is 1.33. The Bertz CT molecular complexity index is 948. The van der Waals surface area contributed by atoms with Crippen molar-refractivity contribution in [2.75, 3.05) is 39.9 Å². The molecule has 1 aromatic carbocycles. The summed E-state index contributed by atoms with van der Waals surface area (Å²) in [6.07, 6.45) is 4.66. The molecule has 0 heterocycles. The van der Waals surface area contributed by atoms with Gasteiger partial charge in [0.15, 0.2) is 0 Å². The lowest BCUT2D eigenvalue weighted by atomic mass is 9.95. The predicted octanol–water partition coefficient (Wildman–Crippen LogP) is 3.64. The van der Waals surface area contributed by atoms with Crippen molar-refractivity contribution in [1.82, 2.24) is 5.32 Å². The van der Waals surface area contributed by atoms with E-state index in [1.807, 2.05) is 25.1 Å². The van der Waals surface area contributed by atoms with E-state index in [4.69, 9.17) is 21.1 Å². The first kappa shape index (κ1) is 31.4. The molecule has 0 saturated heterocycles. The van der Waals surface area contributed by atoms with Crippen molar-refractivity contribution in [3.63, 3.8) is 0 Å². The normalized spacial score (nSPS) is 15.2. The second-order valence-electron chi connectivity index (χ2n) is 8.89. The second kappa shape index (κ2) is 14.8. The molecule has 0 spiro atoms. The van der Waals surface area contributed by atoms with Crippen molar-refractivity contribution in [3.8, 4) is 5.75 Å². The summed E-state index contributed by atoms with van der Waals surface area (Å²) in [7, 11) is 5.89. The van der Waals surface area contributed by atoms with Crippen LogP contribution in [0, 0.1) is 0 Å². The minimum absolute atomic E-state index is 0.162. The molecular formula is C26H39ClN2O7. The number of carbonyl (C=O) groups is 2. The van der Waals surface area contributed by atoms with Crippen LogP contribution in [0.25, 0.3) is 0 Å². The van der Waals surface area contributed by atoms with Crippen molar-refractivity contribution in [3.05, 3.63) is 46.5 Å². The van der Waals surface area contributed by atoms with Crippen LogP contribution in [0.15, 0.2) is 35.9 Å². The van der Waals surface area contributed by atoms with Gasteiger partial charge in [-0.25, -0.2) is 4.79 Å². The molecule has 0 saturated carbocycles. The lowest BCUT2D eigenvalue weighted by Crippen LogP contribution is -2.57. The molecule has 1 aromatic rings. The SMILES string of the molecule is COC(=O)NC(C)(CO)[C@@H](/C=C/C=C(\C)Cc1cc(OC)c(Cl)c(N(C)C(=O)CC[C@H](C)O)c1)OC. The van der Waals surface area contributed by atoms with Crippen LogP contribution in [-0.4, -0.2) is 74.9 Å². The summed E-state index contributed by atoms with van der Waals surface area (Å²) in [6.45, 7) is 4.88. The number of nitrogens with zero attached hydrogens (tertiary/aromatic N) is 1. The second-order valence-corrected chi connectivity index (χ2v) is 9.27. The molecule has 0 aliphatic rings. The van der Waals surface area contributed by atoms with Crippen molar-refractivity contribution < 1.29 is 34.0 Å². The third-order valence-corrected chi connectivity index (χ3v) is 6.12. The van der Waals surface area contributed by atoms with Crippen LogP contribution < -0.4 is 15.0 Å². The number of halogens is 1. The number of hydrogen-bond donors (Lipinski definition) is 3. The smallest absolute Gasteiger partial charge is 0.407 e. The minimum atomic E-state index is -1.08. The molecule has 1 unspecified atom stereocenters. The van der Waals surface area contributed by atoms with Gasteiger partial charge in [-0.3, -0.25) is 4.79 Å². The third kappa shape index (κ3) is 9.13. The summed E-state index contributed by atoms with van der Waals surface area (Å²) in [5, 5.41) is 22.2. The van der Waals surface area contributed by atoms with Crippen molar-refractivity contribution in [1.29, 1.82) is 0 Å². The number of carbonyl (C=O) groups excluding carboxylic acids is 2. The lowest BCUT2D eigenvalue weighted by molar-refractivity contribution is -0.118. The number of benzene rings is 1. The van der Waals surface area contributed by atoms with Gasteiger partial charge >= 0.3 is 6.09 Å². The maximum atomic E-state index is 12.6. The first-order valence-corrected chi connectivity index (χ1v) is 11.9. The molecule has 9 nitrogen and oxygen atoms in total. The quantitative estimate of drug-likeness (QED) is 0.336. The van der Waals surface area contributed by atoms with Crippen molar-refractivity contribution in [2.45, 2.75) is 57.8 Å². The number of alkyl carbamates (subject to hydrolysis) is 1. The number of methoxy groups -OCH3 is 3. The molecule has 0 aliphatic heterocycles. The summed E-state index contributed by atoms with van der Waals surface area (Å²) in [5.74, 6) is 0.292. The van der Waals surface area contributed by atoms with Crippen LogP contribution in [0.3, 0.4) is 0 Å². The van der Waals surface area contributed by atoms with Crippen molar-refractivity contribution >= 4 is 29.3 Å². The Balaban J connectivity index is 3.11. The van der Waals surface area contributed by atoms with Gasteiger partial charge in [0.2, 0.25) is 5.91 Å². The largest absolute Gasteiger partial charge is 0.495 e. The number of amides is 2. The zero-order valence-electron chi connectivity index (χ0n) is 22.1. The van der Waals surface area contributed by atoms with E-state index in [2.05, 4.69) is 10.1 Å². The number of anilines is 1. The number of ether oxygens (including phenoxy) is 3. The van der Waals surface area contributed by atoms with Gasteiger partial charge in [0, 0.05) is 20.6 Å². The molecule has 0 bridgehead atoms. The topological polar surface area (TPSA) is 118 Å². The van der Waals surface area contributed by atoms with E-state index in [0.29, 0.717) is 29.3 Å². The molecular weight excluding hydrogens is 488 g/mol. The number of aliphatic hydroxyl groups is 2. The number of hydrogen-bond acceptors (Lipinski definition) is 7. The zero-order valence-corrected chi connectivity index (χ0v) is 22.9. The number of rotatable bonds is 13. The van der Waals surface area contributed by atoms with Crippen LogP contribution in [0.2, 0.25) is 5.02 Å². The van der Waals surface area contributed by atoms with Gasteiger partial charge < -0.3 is 34.6 Å². The zero-order chi connectivity index (χ0) is 27.5. The highest BCUT2D eigenvalue weighted by molar-refractivity contribution is 6.35. The number of allylic oxidation sites excluding steroid dienone is 3. The van der Waals surface area contributed by atoms with Gasteiger partial charge in [-0.05, 0) is 51.3 Å². The van der Waals surface area contributed by atoms with Gasteiger partial charge in [-0.1, -0.05) is 35.4 Å². The maximum Gasteiger partial charge on any atom is 0.407 e. The van der Waals surface area contributed by atoms with Crippen LogP contribution in [0.4, 0.5) is 10.5 Å². The van der Waals surface area contributed by atoms with Gasteiger partial charge in [-0.15, -0.1) is 0 Å². The molecule has 10 heteroatoms. The standard InChI is InChI=1S/C26H39ClN2O7/c1-17(9-8-10-22(35-6)26(3,16-30)28-25(33)36-7)13-19-14-20(24(27)21(15-19)34-5)29(4)23(32)12-11-18(2)31/h8-10,14-15,18,22,30-31H,11-13,16H2,1-7H3,(H,28,33)/b10-8+,17-9+/t18-,22+,26?/m0/s1. The van der Waals surface area contributed by atoms with E-state index in [1.165, 1.54) is 26.2 Å². The van der Waals surface area contributed by atoms with Crippen LogP contribution >= 0.6 is 11.6 Å². The van der Waals surface area contributed by atoms with Crippen molar-refractivity contribution in [2.24, 2.45) is 0 Å². The van der Waals surface area contributed by atoms with E-state index in [0.717, 1.165) is 11.1 Å². The Morgan fingerprint density at radius 3 is 2.47 bits per heavy atom. The average molecular weight is 527 g/mol. The highest BCUT2D eigenvalue weighted by Gasteiger charge is 2.34. The Morgan fingerprint density at radius 1 is 1.28 bits per heavy atom. The number of aliphatic hydroxyl groups excluding tert-OH is 2. The lowest BCUT2D eigenvalue weighted by Gasteiger charge is -2.33. The van der Waals surface area contributed by atoms with E-state index in [1.54, 1.807) is 33.0 Å². The van der Waals surface area contributed by atoms with Gasteiger partial charge in [0.05, 0.1) is 38.2 Å². The highest BCUT2D eigenvalue weighted by atomic mass is 35.5. The van der Waals surface area contributed by atoms with Crippen LogP contribution in [0.1, 0.15) is 39.2 Å². The molecule has 0 fully saturated rings. The molecule has 36 heavy (non-hydrogen) atoms. The first-order chi connectivity index (χ1) is 16.9. The van der Waals surface area contributed by atoms with Gasteiger partial charge in [-0.2, -0.15) is 0 Å². The molecule has 0 aromatic heterocycles. The maximum absolute atomic E-state index is 12.6. The number of nitrogens with one attached hydrogen (secondary N) is 1. The molecule has 2 amide bonds. The van der Waals surface area contributed by atoms with E-state index >= 15 is 0 Å². The Labute approximate surface area is 218 Å². The Kier molecular flexibility index (Phi) is 13.0. The van der Waals surface area contributed by atoms with E-state index in [9.17, 15) is 19.8 Å². The first-order valence-electron chi connectivity index (χ1n) is 11.6. The summed E-state index contributed by atoms with van der Waals surface area (Å²) < 4.78 is 15.5. The highest BCUT2D eigenvalue weighted by Crippen LogP contribution is 2.36. The van der Waals surface area contributed by atoms with E-state index in [-0.39, 0.29) is 18.9 Å². The molecule has 3 atom stereocenters. The fourth-order valence-electron chi connectivity index (χ4n) is 3.51.